The molecular weight excluding hydrogens is 266 g/mol. The van der Waals surface area contributed by atoms with Crippen LogP contribution in [0.5, 0.6) is 0 Å². The zero-order chi connectivity index (χ0) is 15.1. The fraction of sp³-hybridized carbons (Fsp3) is 1.00. The van der Waals surface area contributed by atoms with Gasteiger partial charge in [0.15, 0.2) is 0 Å². The fourth-order valence-electron chi connectivity index (χ4n) is 3.74. The van der Waals surface area contributed by atoms with Crippen LogP contribution in [0, 0.1) is 11.8 Å². The molecule has 0 amide bonds. The van der Waals surface area contributed by atoms with Crippen molar-refractivity contribution in [3.8, 4) is 0 Å². The maximum absolute atomic E-state index is 9.99. The monoisotopic (exact) mass is 299 g/mol. The third-order valence-corrected chi connectivity index (χ3v) is 4.98. The summed E-state index contributed by atoms with van der Waals surface area (Å²) in [7, 11) is 0. The smallest absolute Gasteiger partial charge is 0.0897 e. The predicted octanol–water partition coefficient (Wildman–Crippen LogP) is 2.08. The van der Waals surface area contributed by atoms with Gasteiger partial charge in [-0.05, 0) is 50.5 Å². The molecule has 0 aliphatic heterocycles. The number of aliphatic hydroxyl groups is 2. The van der Waals surface area contributed by atoms with Gasteiger partial charge in [0.25, 0.3) is 0 Å². The van der Waals surface area contributed by atoms with Gasteiger partial charge in [0.2, 0.25) is 0 Å². The van der Waals surface area contributed by atoms with E-state index in [0.717, 1.165) is 44.6 Å². The number of rotatable bonds is 7. The lowest BCUT2D eigenvalue weighted by molar-refractivity contribution is -0.0309. The Morgan fingerprint density at radius 1 is 1.14 bits per heavy atom. The van der Waals surface area contributed by atoms with Crippen LogP contribution in [-0.2, 0) is 4.74 Å². The van der Waals surface area contributed by atoms with E-state index in [4.69, 9.17) is 4.74 Å². The Morgan fingerprint density at radius 2 is 1.95 bits per heavy atom. The molecule has 5 atom stereocenters. The lowest BCUT2D eigenvalue weighted by Crippen LogP contribution is -2.36. The van der Waals surface area contributed by atoms with E-state index >= 15 is 0 Å². The summed E-state index contributed by atoms with van der Waals surface area (Å²) in [5.74, 6) is 1.32. The minimum atomic E-state index is -0.421. The lowest BCUT2D eigenvalue weighted by atomic mass is 9.87. The Bertz CT molecular complexity index is 287. The molecule has 2 fully saturated rings. The minimum Gasteiger partial charge on any atom is -0.393 e. The first-order valence-electron chi connectivity index (χ1n) is 8.82. The Labute approximate surface area is 129 Å². The van der Waals surface area contributed by atoms with Crippen LogP contribution in [0.1, 0.15) is 58.3 Å². The van der Waals surface area contributed by atoms with E-state index in [-0.39, 0.29) is 6.10 Å². The van der Waals surface area contributed by atoms with Crippen molar-refractivity contribution in [1.29, 1.82) is 0 Å². The lowest BCUT2D eigenvalue weighted by Gasteiger charge is -2.28. The SMILES string of the molecule is CC1CCCC(OCC(O)CNCC2CCCC(O)C2)C1. The first kappa shape index (κ1) is 17.2. The molecule has 2 rings (SSSR count). The maximum Gasteiger partial charge on any atom is 0.0897 e. The predicted molar refractivity (Wildman–Crippen MR) is 84.2 cm³/mol. The number of hydrogen-bond acceptors (Lipinski definition) is 4. The molecule has 21 heavy (non-hydrogen) atoms. The summed E-state index contributed by atoms with van der Waals surface area (Å²) in [6.07, 6.45) is 8.83. The topological polar surface area (TPSA) is 61.7 Å². The van der Waals surface area contributed by atoms with E-state index in [2.05, 4.69) is 12.2 Å². The molecule has 2 aliphatic carbocycles. The van der Waals surface area contributed by atoms with Gasteiger partial charge in [0.05, 0.1) is 24.9 Å². The molecule has 4 heteroatoms. The molecule has 2 aliphatic rings. The second kappa shape index (κ2) is 9.09. The third kappa shape index (κ3) is 6.64. The molecule has 0 spiro atoms. The van der Waals surface area contributed by atoms with Crippen molar-refractivity contribution in [2.75, 3.05) is 19.7 Å². The van der Waals surface area contributed by atoms with Crippen LogP contribution >= 0.6 is 0 Å². The number of aliphatic hydroxyl groups excluding tert-OH is 2. The summed E-state index contributed by atoms with van der Waals surface area (Å²) in [6.45, 7) is 4.22. The fourth-order valence-corrected chi connectivity index (χ4v) is 3.74. The Hall–Kier alpha value is -0.160. The van der Waals surface area contributed by atoms with Gasteiger partial charge in [-0.3, -0.25) is 0 Å². The van der Waals surface area contributed by atoms with Crippen molar-refractivity contribution >= 4 is 0 Å². The van der Waals surface area contributed by atoms with Gasteiger partial charge in [-0.2, -0.15) is 0 Å². The van der Waals surface area contributed by atoms with E-state index in [1.54, 1.807) is 0 Å². The van der Waals surface area contributed by atoms with E-state index in [9.17, 15) is 10.2 Å². The molecule has 0 saturated heterocycles. The number of nitrogens with one attached hydrogen (secondary N) is 1. The highest BCUT2D eigenvalue weighted by Gasteiger charge is 2.21. The van der Waals surface area contributed by atoms with Gasteiger partial charge in [-0.1, -0.05) is 26.2 Å². The van der Waals surface area contributed by atoms with Crippen LogP contribution < -0.4 is 5.32 Å². The largest absolute Gasteiger partial charge is 0.393 e. The van der Waals surface area contributed by atoms with Gasteiger partial charge >= 0.3 is 0 Å². The highest BCUT2D eigenvalue weighted by Crippen LogP contribution is 2.26. The summed E-state index contributed by atoms with van der Waals surface area (Å²) in [5, 5.41) is 23.0. The first-order chi connectivity index (χ1) is 10.1. The van der Waals surface area contributed by atoms with E-state index in [0.29, 0.717) is 25.2 Å². The van der Waals surface area contributed by atoms with Crippen molar-refractivity contribution in [2.45, 2.75) is 76.6 Å². The molecule has 0 aromatic carbocycles. The summed E-state index contributed by atoms with van der Waals surface area (Å²) in [5.41, 5.74) is 0. The van der Waals surface area contributed by atoms with E-state index in [1.165, 1.54) is 19.3 Å². The second-order valence-electron chi connectivity index (χ2n) is 7.23. The molecule has 124 valence electrons. The van der Waals surface area contributed by atoms with Gasteiger partial charge in [-0.25, -0.2) is 0 Å². The Balaban J connectivity index is 1.52. The second-order valence-corrected chi connectivity index (χ2v) is 7.23. The zero-order valence-electron chi connectivity index (χ0n) is 13.5. The maximum atomic E-state index is 9.99. The van der Waals surface area contributed by atoms with Crippen LogP contribution in [0.2, 0.25) is 0 Å². The normalized spacial score (nSPS) is 35.6. The molecule has 0 aromatic heterocycles. The molecule has 0 heterocycles. The molecule has 2 saturated carbocycles. The van der Waals surface area contributed by atoms with E-state index < -0.39 is 6.10 Å². The first-order valence-corrected chi connectivity index (χ1v) is 8.82. The minimum absolute atomic E-state index is 0.118. The molecule has 0 radical (unpaired) electrons. The average Bonchev–Trinajstić information content (AvgIpc) is 2.45. The van der Waals surface area contributed by atoms with Gasteiger partial charge in [0.1, 0.15) is 0 Å². The Kier molecular flexibility index (Phi) is 7.44. The van der Waals surface area contributed by atoms with Crippen LogP contribution in [0.3, 0.4) is 0 Å². The van der Waals surface area contributed by atoms with Crippen molar-refractivity contribution in [1.82, 2.24) is 5.32 Å². The highest BCUT2D eigenvalue weighted by molar-refractivity contribution is 4.75. The Morgan fingerprint density at radius 3 is 2.71 bits per heavy atom. The molecular formula is C17H33NO3. The molecule has 4 nitrogen and oxygen atoms in total. The standard InChI is InChI=1S/C17H33NO3/c1-13-4-2-7-17(8-13)21-12-16(20)11-18-10-14-5-3-6-15(19)9-14/h13-20H,2-12H2,1H3. The van der Waals surface area contributed by atoms with Gasteiger partial charge in [0, 0.05) is 6.54 Å². The number of ether oxygens (including phenoxy) is 1. The molecule has 5 unspecified atom stereocenters. The van der Waals surface area contributed by atoms with E-state index in [1.807, 2.05) is 0 Å². The van der Waals surface area contributed by atoms with Crippen LogP contribution in [0.25, 0.3) is 0 Å². The van der Waals surface area contributed by atoms with Crippen molar-refractivity contribution in [3.05, 3.63) is 0 Å². The zero-order valence-corrected chi connectivity index (χ0v) is 13.5. The molecule has 0 bridgehead atoms. The van der Waals surface area contributed by atoms with Crippen molar-refractivity contribution in [3.63, 3.8) is 0 Å². The quantitative estimate of drug-likeness (QED) is 0.673. The molecule has 3 N–H and O–H groups in total. The van der Waals surface area contributed by atoms with Gasteiger partial charge < -0.3 is 20.3 Å². The third-order valence-electron chi connectivity index (χ3n) is 4.98. The molecule has 0 aromatic rings. The summed E-state index contributed by atoms with van der Waals surface area (Å²) < 4.78 is 5.84. The van der Waals surface area contributed by atoms with Crippen molar-refractivity contribution in [2.24, 2.45) is 11.8 Å². The highest BCUT2D eigenvalue weighted by atomic mass is 16.5. The van der Waals surface area contributed by atoms with Crippen LogP contribution in [0.4, 0.5) is 0 Å². The summed E-state index contributed by atoms with van der Waals surface area (Å²) in [4.78, 5) is 0. The van der Waals surface area contributed by atoms with Crippen LogP contribution in [-0.4, -0.2) is 48.2 Å². The average molecular weight is 299 g/mol. The van der Waals surface area contributed by atoms with Crippen LogP contribution in [0.15, 0.2) is 0 Å². The number of hydrogen-bond donors (Lipinski definition) is 3. The summed E-state index contributed by atoms with van der Waals surface area (Å²) >= 11 is 0. The van der Waals surface area contributed by atoms with Crippen molar-refractivity contribution < 1.29 is 14.9 Å². The summed E-state index contributed by atoms with van der Waals surface area (Å²) in [6, 6.07) is 0. The van der Waals surface area contributed by atoms with Gasteiger partial charge in [-0.15, -0.1) is 0 Å².